The number of piperidine rings is 1. The van der Waals surface area contributed by atoms with Crippen LogP contribution in [0.4, 0.5) is 10.1 Å². The molecular formula is C25H41FN4O. The molecule has 0 aliphatic carbocycles. The van der Waals surface area contributed by atoms with Crippen LogP contribution in [0, 0.1) is 5.82 Å². The third kappa shape index (κ3) is 14.0. The monoisotopic (exact) mass is 432 g/mol. The highest BCUT2D eigenvalue weighted by molar-refractivity contribution is 5.66. The van der Waals surface area contributed by atoms with Gasteiger partial charge in [-0.25, -0.2) is 4.39 Å². The van der Waals surface area contributed by atoms with Crippen LogP contribution in [0.1, 0.15) is 26.7 Å². The third-order valence-corrected chi connectivity index (χ3v) is 4.13. The van der Waals surface area contributed by atoms with Gasteiger partial charge < -0.3 is 21.3 Å². The van der Waals surface area contributed by atoms with E-state index in [9.17, 15) is 4.39 Å². The second-order valence-corrected chi connectivity index (χ2v) is 6.45. The van der Waals surface area contributed by atoms with E-state index in [-0.39, 0.29) is 12.2 Å². The summed E-state index contributed by atoms with van der Waals surface area (Å²) in [7, 11) is 5.92. The number of hydrogen-bond acceptors (Lipinski definition) is 4. The van der Waals surface area contributed by atoms with Crippen LogP contribution in [0.2, 0.25) is 0 Å². The molecule has 0 spiro atoms. The number of halogens is 1. The van der Waals surface area contributed by atoms with Crippen molar-refractivity contribution in [2.24, 2.45) is 5.73 Å². The van der Waals surface area contributed by atoms with Gasteiger partial charge in [0.15, 0.2) is 0 Å². The lowest BCUT2D eigenvalue weighted by molar-refractivity contribution is -0.106. The van der Waals surface area contributed by atoms with Crippen LogP contribution >= 0.6 is 0 Å². The van der Waals surface area contributed by atoms with E-state index in [2.05, 4.69) is 53.6 Å². The first-order valence-electron chi connectivity index (χ1n) is 10.6. The Morgan fingerprint density at radius 2 is 1.52 bits per heavy atom. The van der Waals surface area contributed by atoms with Gasteiger partial charge in [-0.2, -0.15) is 0 Å². The maximum atomic E-state index is 13.3. The molecule has 6 heteroatoms. The summed E-state index contributed by atoms with van der Waals surface area (Å²) in [6, 6.07) is 15.5. The smallest absolute Gasteiger partial charge is 0.204 e. The highest BCUT2D eigenvalue weighted by Gasteiger charge is 2.16. The van der Waals surface area contributed by atoms with Gasteiger partial charge in [-0.3, -0.25) is 4.79 Å². The molecule has 31 heavy (non-hydrogen) atoms. The lowest BCUT2D eigenvalue weighted by Crippen LogP contribution is -2.36. The van der Waals surface area contributed by atoms with Crippen molar-refractivity contribution in [3.8, 4) is 11.1 Å². The molecule has 1 fully saturated rings. The number of benzene rings is 2. The van der Waals surface area contributed by atoms with Crippen molar-refractivity contribution in [1.29, 1.82) is 0 Å². The zero-order valence-electron chi connectivity index (χ0n) is 19.8. The molecular weight excluding hydrogens is 391 g/mol. The van der Waals surface area contributed by atoms with Crippen LogP contribution < -0.4 is 16.4 Å². The molecule has 2 aromatic rings. The van der Waals surface area contributed by atoms with Crippen LogP contribution in [-0.4, -0.2) is 51.6 Å². The molecule has 0 saturated carbocycles. The summed E-state index contributed by atoms with van der Waals surface area (Å²) in [5.41, 5.74) is 7.27. The average molecular weight is 433 g/mol. The molecule has 5 nitrogen and oxygen atoms in total. The summed E-state index contributed by atoms with van der Waals surface area (Å²) < 4.78 is 13.3. The van der Waals surface area contributed by atoms with Crippen molar-refractivity contribution in [2.45, 2.75) is 32.7 Å². The Balaban J connectivity index is 0. The predicted octanol–water partition coefficient (Wildman–Crippen LogP) is 4.76. The fourth-order valence-electron chi connectivity index (χ4n) is 2.82. The number of nitrogens with zero attached hydrogens (tertiary/aromatic N) is 1. The third-order valence-electron chi connectivity index (χ3n) is 4.13. The fraction of sp³-hybridized carbons (Fsp3) is 0.400. The van der Waals surface area contributed by atoms with Gasteiger partial charge in [0.05, 0.1) is 0 Å². The van der Waals surface area contributed by atoms with Gasteiger partial charge >= 0.3 is 0 Å². The zero-order chi connectivity index (χ0) is 24.1. The van der Waals surface area contributed by atoms with E-state index in [1.54, 1.807) is 12.1 Å². The largest absolute Gasteiger partial charge is 0.382 e. The Kier molecular flexibility index (Phi) is 20.2. The number of carbonyl (C=O) groups is 1. The van der Waals surface area contributed by atoms with Gasteiger partial charge in [-0.05, 0) is 82.5 Å². The van der Waals surface area contributed by atoms with E-state index < -0.39 is 0 Å². The first kappa shape index (κ1) is 30.5. The fourth-order valence-corrected chi connectivity index (χ4v) is 2.82. The van der Waals surface area contributed by atoms with Gasteiger partial charge in [-0.15, -0.1) is 13.2 Å². The van der Waals surface area contributed by atoms with E-state index in [0.29, 0.717) is 6.04 Å². The van der Waals surface area contributed by atoms with Crippen molar-refractivity contribution >= 4 is 12.1 Å². The van der Waals surface area contributed by atoms with E-state index in [4.69, 9.17) is 4.79 Å². The molecule has 1 aliphatic heterocycles. The Hall–Kier alpha value is -2.70. The second-order valence-electron chi connectivity index (χ2n) is 6.45. The normalized spacial score (nSPS) is 12.7. The van der Waals surface area contributed by atoms with Gasteiger partial charge in [0.2, 0.25) is 6.41 Å². The summed E-state index contributed by atoms with van der Waals surface area (Å²) in [6.07, 6.45) is 2.62. The lowest BCUT2D eigenvalue weighted by Gasteiger charge is -2.30. The van der Waals surface area contributed by atoms with Gasteiger partial charge in [0.25, 0.3) is 0 Å². The van der Waals surface area contributed by atoms with Crippen LogP contribution in [0.5, 0.6) is 0 Å². The first-order chi connectivity index (χ1) is 15.0. The number of nitrogens with one attached hydrogen (secondary N) is 2. The average Bonchev–Trinajstić information content (AvgIpc) is 2.80. The molecule has 2 aromatic carbocycles. The first-order valence-corrected chi connectivity index (χ1v) is 10.6. The van der Waals surface area contributed by atoms with E-state index in [1.165, 1.54) is 18.9 Å². The molecule has 1 heterocycles. The van der Waals surface area contributed by atoms with E-state index >= 15 is 0 Å². The molecule has 0 unspecified atom stereocenters. The lowest BCUT2D eigenvalue weighted by atomic mass is 10.0. The van der Waals surface area contributed by atoms with Crippen LogP contribution in [0.3, 0.4) is 0 Å². The molecule has 4 N–H and O–H groups in total. The van der Waals surface area contributed by atoms with Gasteiger partial charge in [0, 0.05) is 11.7 Å². The number of likely N-dealkylation sites (tertiary alicyclic amines) is 1. The van der Waals surface area contributed by atoms with Gasteiger partial charge in [0.1, 0.15) is 5.82 Å². The van der Waals surface area contributed by atoms with E-state index in [1.807, 2.05) is 46.1 Å². The minimum Gasteiger partial charge on any atom is -0.382 e. The summed E-state index contributed by atoms with van der Waals surface area (Å²) in [5.74, 6) is -0.193. The van der Waals surface area contributed by atoms with Crippen LogP contribution in [0.15, 0.2) is 61.7 Å². The molecule has 3 rings (SSSR count). The number of carbonyl (C=O) groups excluding carboxylic acids is 1. The number of rotatable bonds is 3. The Bertz CT molecular complexity index is 671. The number of hydrogen-bond donors (Lipinski definition) is 3. The Morgan fingerprint density at radius 1 is 1.03 bits per heavy atom. The van der Waals surface area contributed by atoms with E-state index in [0.717, 1.165) is 29.9 Å². The van der Waals surface area contributed by atoms with Crippen molar-refractivity contribution in [2.75, 3.05) is 39.5 Å². The number of anilines is 1. The number of primary amides is 1. The molecule has 1 amide bonds. The summed E-state index contributed by atoms with van der Waals surface area (Å²) in [5, 5.41) is 6.34. The molecule has 0 bridgehead atoms. The minimum atomic E-state index is -0.193. The minimum absolute atomic E-state index is 0.193. The molecule has 0 atom stereocenters. The summed E-state index contributed by atoms with van der Waals surface area (Å²) >= 11 is 0. The van der Waals surface area contributed by atoms with Crippen molar-refractivity contribution in [3.63, 3.8) is 0 Å². The van der Waals surface area contributed by atoms with Crippen LogP contribution in [0.25, 0.3) is 11.1 Å². The standard InChI is InChI=1S/C18H21FN2.C2H7N.C2H6.C2H4.CH3NO/c1-21-11-9-18(10-12-21)20-17-7-5-14(6-8-17)15-3-2-4-16(19)13-15;1-3-2;2*1-2;2-1-3/h2-8,13,18,20H,9-12H2,1H3;3H,1-2H3;1-2H3;1-2H2;1H,(H2,2,3). The molecule has 0 aromatic heterocycles. The topological polar surface area (TPSA) is 70.4 Å². The molecule has 1 aliphatic rings. The maximum absolute atomic E-state index is 13.3. The summed E-state index contributed by atoms with van der Waals surface area (Å²) in [4.78, 5) is 10.9. The SMILES string of the molecule is C=C.CC.CN1CCC(Nc2ccc(-c3cccc(F)c3)cc2)CC1.CNC.NC=O. The molecule has 1 saturated heterocycles. The quantitative estimate of drug-likeness (QED) is 0.483. The maximum Gasteiger partial charge on any atom is 0.204 e. The summed E-state index contributed by atoms with van der Waals surface area (Å²) in [6.45, 7) is 12.3. The molecule has 174 valence electrons. The number of nitrogens with two attached hydrogens (primary N) is 1. The van der Waals surface area contributed by atoms with Crippen LogP contribution in [-0.2, 0) is 4.79 Å². The van der Waals surface area contributed by atoms with Crippen molar-refractivity contribution < 1.29 is 9.18 Å². The Morgan fingerprint density at radius 3 is 1.97 bits per heavy atom. The van der Waals surface area contributed by atoms with Crippen molar-refractivity contribution in [3.05, 3.63) is 67.5 Å². The van der Waals surface area contributed by atoms with Gasteiger partial charge in [-0.1, -0.05) is 38.1 Å². The second kappa shape index (κ2) is 20.6. The van der Waals surface area contributed by atoms with Crippen molar-refractivity contribution in [1.82, 2.24) is 10.2 Å². The predicted molar refractivity (Wildman–Crippen MR) is 134 cm³/mol. The zero-order valence-corrected chi connectivity index (χ0v) is 19.8. The Labute approximate surface area is 188 Å². The molecule has 0 radical (unpaired) electrons. The highest BCUT2D eigenvalue weighted by Crippen LogP contribution is 2.23. The number of amides is 1. The highest BCUT2D eigenvalue weighted by atomic mass is 19.1.